The van der Waals surface area contributed by atoms with Gasteiger partial charge in [0.05, 0.1) is 28.6 Å². The highest BCUT2D eigenvalue weighted by Crippen LogP contribution is 2.45. The minimum absolute atomic E-state index is 0.303. The van der Waals surface area contributed by atoms with Crippen LogP contribution in [0.3, 0.4) is 0 Å². The average molecular weight is 445 g/mol. The second-order valence-corrected chi connectivity index (χ2v) is 7.42. The van der Waals surface area contributed by atoms with Crippen LogP contribution < -0.4 is 5.32 Å². The Kier molecular flexibility index (Phi) is 5.17. The number of benzene rings is 2. The number of ketones is 1. The van der Waals surface area contributed by atoms with Crippen LogP contribution in [-0.2, 0) is 10.2 Å². The summed E-state index contributed by atoms with van der Waals surface area (Å²) in [5.74, 6) is -0.582. The molecule has 0 unspecified atom stereocenters. The zero-order chi connectivity index (χ0) is 18.9. The molecule has 0 aromatic heterocycles. The third kappa shape index (κ3) is 3.67. The van der Waals surface area contributed by atoms with E-state index >= 15 is 0 Å². The van der Waals surface area contributed by atoms with Crippen molar-refractivity contribution in [3.63, 3.8) is 0 Å². The molecule has 1 N–H and O–H groups in total. The van der Waals surface area contributed by atoms with E-state index in [4.69, 9.17) is 11.6 Å². The van der Waals surface area contributed by atoms with Gasteiger partial charge < -0.3 is 5.32 Å². The number of alkyl halides is 3. The van der Waals surface area contributed by atoms with E-state index in [1.807, 2.05) is 0 Å². The molecule has 136 valence electrons. The highest BCUT2D eigenvalue weighted by Gasteiger charge is 2.54. The largest absolute Gasteiger partial charge is 0.390 e. The van der Waals surface area contributed by atoms with Crippen LogP contribution >= 0.6 is 27.5 Å². The molecule has 3 rings (SSSR count). The van der Waals surface area contributed by atoms with Crippen molar-refractivity contribution in [3.05, 3.63) is 75.7 Å². The molecule has 7 heteroatoms. The fourth-order valence-corrected chi connectivity index (χ4v) is 3.71. The van der Waals surface area contributed by atoms with Gasteiger partial charge in [-0.15, -0.1) is 0 Å². The number of hydrogen-bond donors (Lipinski definition) is 1. The van der Waals surface area contributed by atoms with E-state index in [2.05, 4.69) is 21.2 Å². The van der Waals surface area contributed by atoms with Crippen LogP contribution in [0.25, 0.3) is 0 Å². The summed E-state index contributed by atoms with van der Waals surface area (Å²) in [5.41, 5.74) is -1.00. The van der Waals surface area contributed by atoms with Crippen LogP contribution in [0.4, 0.5) is 18.9 Å². The quantitative estimate of drug-likeness (QED) is 0.635. The van der Waals surface area contributed by atoms with Gasteiger partial charge in [-0.05, 0) is 35.9 Å². The lowest BCUT2D eigenvalue weighted by atomic mass is 9.71. The van der Waals surface area contributed by atoms with Gasteiger partial charge in [0, 0.05) is 4.47 Å². The molecule has 0 amide bonds. The van der Waals surface area contributed by atoms with Crippen molar-refractivity contribution in [1.82, 2.24) is 0 Å². The van der Waals surface area contributed by atoms with Crippen molar-refractivity contribution in [2.24, 2.45) is 0 Å². The molecular formula is C19H14BrClF3NO. The molecule has 2 atom stereocenters. The summed E-state index contributed by atoms with van der Waals surface area (Å²) >= 11 is 9.40. The molecule has 0 saturated heterocycles. The lowest BCUT2D eigenvalue weighted by molar-refractivity contribution is -0.155. The molecule has 2 aromatic carbocycles. The predicted octanol–water partition coefficient (Wildman–Crippen LogP) is 5.91. The molecule has 0 heterocycles. The van der Waals surface area contributed by atoms with Crippen LogP contribution in [0.1, 0.15) is 12.0 Å². The van der Waals surface area contributed by atoms with E-state index < -0.39 is 29.8 Å². The van der Waals surface area contributed by atoms with Gasteiger partial charge in [-0.25, -0.2) is 0 Å². The third-order valence-electron chi connectivity index (χ3n) is 4.43. The number of para-hydroxylation sites is 1. The van der Waals surface area contributed by atoms with Gasteiger partial charge in [-0.3, -0.25) is 4.79 Å². The normalized spacial score (nSPS) is 22.7. The molecule has 0 spiro atoms. The van der Waals surface area contributed by atoms with Crippen molar-refractivity contribution in [1.29, 1.82) is 0 Å². The van der Waals surface area contributed by atoms with E-state index in [1.54, 1.807) is 48.5 Å². The number of nitrogens with one attached hydrogen (secondary N) is 1. The first-order valence-electron chi connectivity index (χ1n) is 7.79. The molecule has 0 saturated carbocycles. The molecule has 1 aliphatic rings. The van der Waals surface area contributed by atoms with Crippen LogP contribution in [0, 0.1) is 0 Å². The van der Waals surface area contributed by atoms with Crippen molar-refractivity contribution >= 4 is 39.0 Å². The second-order valence-electron chi connectivity index (χ2n) is 6.10. The summed E-state index contributed by atoms with van der Waals surface area (Å²) in [7, 11) is 0. The predicted molar refractivity (Wildman–Crippen MR) is 99.5 cm³/mol. The Morgan fingerprint density at radius 2 is 1.77 bits per heavy atom. The Hall–Kier alpha value is -1.79. The maximum Gasteiger partial charge on any atom is 0.390 e. The number of carbonyl (C=O) groups is 1. The van der Waals surface area contributed by atoms with Crippen molar-refractivity contribution in [2.75, 3.05) is 5.32 Å². The molecule has 1 aliphatic carbocycles. The summed E-state index contributed by atoms with van der Waals surface area (Å²) in [6, 6.07) is 12.2. The molecule has 2 nitrogen and oxygen atoms in total. The maximum atomic E-state index is 13.4. The van der Waals surface area contributed by atoms with Gasteiger partial charge in [0.1, 0.15) is 0 Å². The Balaban J connectivity index is 2.09. The fraction of sp³-hybridized carbons (Fsp3) is 0.211. The van der Waals surface area contributed by atoms with Crippen molar-refractivity contribution in [2.45, 2.75) is 24.1 Å². The Labute approximate surface area is 162 Å². The van der Waals surface area contributed by atoms with Crippen LogP contribution in [0.5, 0.6) is 0 Å². The van der Waals surface area contributed by atoms with Gasteiger partial charge in [-0.1, -0.05) is 57.9 Å². The minimum Gasteiger partial charge on any atom is -0.376 e. The Morgan fingerprint density at radius 3 is 2.38 bits per heavy atom. The van der Waals surface area contributed by atoms with Gasteiger partial charge in [0.25, 0.3) is 0 Å². The average Bonchev–Trinajstić information content (AvgIpc) is 2.86. The van der Waals surface area contributed by atoms with Gasteiger partial charge in [0.2, 0.25) is 0 Å². The second kappa shape index (κ2) is 7.08. The highest BCUT2D eigenvalue weighted by molar-refractivity contribution is 9.10. The smallest absolute Gasteiger partial charge is 0.376 e. The van der Waals surface area contributed by atoms with E-state index in [1.165, 1.54) is 12.2 Å². The monoisotopic (exact) mass is 443 g/mol. The standard InChI is InChI=1S/C19H14BrClF3NO/c20-13-7-5-12(6-8-13)18(11-19(22,23)24)16(9-10-17(18)26)25-15-4-2-1-3-14(15)21/h1-10,16,25H,11H2/t16-,18-/m1/s1. The number of allylic oxidation sites excluding steroid dienone is 1. The number of carbonyl (C=O) groups excluding carboxylic acids is 1. The van der Waals surface area contributed by atoms with E-state index in [-0.39, 0.29) is 0 Å². The highest BCUT2D eigenvalue weighted by atomic mass is 79.9. The topological polar surface area (TPSA) is 29.1 Å². The first-order chi connectivity index (χ1) is 12.2. The molecular weight excluding hydrogens is 431 g/mol. The van der Waals surface area contributed by atoms with Gasteiger partial charge in [-0.2, -0.15) is 13.2 Å². The van der Waals surface area contributed by atoms with E-state index in [0.717, 1.165) is 4.47 Å². The number of rotatable bonds is 4. The zero-order valence-corrected chi connectivity index (χ0v) is 15.7. The summed E-state index contributed by atoms with van der Waals surface area (Å²) < 4.78 is 41.0. The molecule has 26 heavy (non-hydrogen) atoms. The Bertz CT molecular complexity index is 851. The third-order valence-corrected chi connectivity index (χ3v) is 5.29. The van der Waals surface area contributed by atoms with Crippen molar-refractivity contribution < 1.29 is 18.0 Å². The van der Waals surface area contributed by atoms with Crippen LogP contribution in [0.2, 0.25) is 5.02 Å². The van der Waals surface area contributed by atoms with Crippen molar-refractivity contribution in [3.8, 4) is 0 Å². The Morgan fingerprint density at radius 1 is 1.12 bits per heavy atom. The van der Waals surface area contributed by atoms with Crippen LogP contribution in [-0.4, -0.2) is 18.0 Å². The zero-order valence-electron chi connectivity index (χ0n) is 13.4. The fourth-order valence-electron chi connectivity index (χ4n) is 3.25. The first kappa shape index (κ1) is 19.0. The van der Waals surface area contributed by atoms with E-state index in [9.17, 15) is 18.0 Å². The summed E-state index contributed by atoms with van der Waals surface area (Å²) in [6.45, 7) is 0. The number of hydrogen-bond acceptors (Lipinski definition) is 2. The van der Waals surface area contributed by atoms with E-state index in [0.29, 0.717) is 16.3 Å². The molecule has 0 fully saturated rings. The van der Waals surface area contributed by atoms with Crippen LogP contribution in [0.15, 0.2) is 65.2 Å². The summed E-state index contributed by atoms with van der Waals surface area (Å²) in [5, 5.41) is 3.39. The first-order valence-corrected chi connectivity index (χ1v) is 8.96. The molecule has 0 aliphatic heterocycles. The number of halogens is 5. The molecule has 0 radical (unpaired) electrons. The molecule has 0 bridgehead atoms. The minimum atomic E-state index is -4.52. The lowest BCUT2D eigenvalue weighted by Crippen LogP contribution is -2.48. The number of anilines is 1. The summed E-state index contributed by atoms with van der Waals surface area (Å²) in [6.07, 6.45) is -3.10. The lowest BCUT2D eigenvalue weighted by Gasteiger charge is -2.36. The van der Waals surface area contributed by atoms with Gasteiger partial charge in [0.15, 0.2) is 5.78 Å². The molecule has 2 aromatic rings. The summed E-state index contributed by atoms with van der Waals surface area (Å²) in [4.78, 5) is 12.7. The maximum absolute atomic E-state index is 13.4. The van der Waals surface area contributed by atoms with Gasteiger partial charge >= 0.3 is 6.18 Å². The SMILES string of the molecule is O=C1C=C[C@@H](Nc2ccccc2Cl)[C@@]1(CC(F)(F)F)c1ccc(Br)cc1.